The fourth-order valence-corrected chi connectivity index (χ4v) is 1.84. The third kappa shape index (κ3) is 4.02. The fraction of sp³-hybridized carbons (Fsp3) is 0. The molecule has 0 radical (unpaired) electrons. The Morgan fingerprint density at radius 3 is 2.17 bits per heavy atom. The van der Waals surface area contributed by atoms with Crippen molar-refractivity contribution in [2.24, 2.45) is 0 Å². The maximum absolute atomic E-state index is 11.9. The first kappa shape index (κ1) is 14.5. The lowest BCUT2D eigenvalue weighted by Gasteiger charge is -2.03. The summed E-state index contributed by atoms with van der Waals surface area (Å²) in [6, 6.07) is 14.1. The lowest BCUT2D eigenvalue weighted by Crippen LogP contribution is -2.08. The highest BCUT2D eigenvalue weighted by Crippen LogP contribution is 2.13. The smallest absolute Gasteiger partial charge is 0.345 e. The summed E-state index contributed by atoms with van der Waals surface area (Å²) in [6.07, 6.45) is 6.48. The average molecular weight is 300 g/mol. The quantitative estimate of drug-likeness (QED) is 0.414. The minimum atomic E-state index is -0.438. The molecule has 4 nitrogen and oxygen atoms in total. The number of hydrogen-bond acceptors (Lipinski definition) is 4. The summed E-state index contributed by atoms with van der Waals surface area (Å²) >= 11 is 0. The topological polar surface area (TPSA) is 52.1 Å². The van der Waals surface area contributed by atoms with Crippen LogP contribution in [0.3, 0.4) is 0 Å². The molecule has 0 atom stereocenters. The van der Waals surface area contributed by atoms with Crippen LogP contribution in [0.25, 0.3) is 0 Å². The van der Waals surface area contributed by atoms with Gasteiger partial charge in [0.1, 0.15) is 5.75 Å². The van der Waals surface area contributed by atoms with E-state index in [0.717, 1.165) is 11.1 Å². The molecule has 0 fully saturated rings. The third-order valence-corrected chi connectivity index (χ3v) is 2.97. The van der Waals surface area contributed by atoms with Gasteiger partial charge in [0.15, 0.2) is 0 Å². The van der Waals surface area contributed by atoms with E-state index in [2.05, 4.69) is 21.8 Å². The molecule has 4 heteroatoms. The van der Waals surface area contributed by atoms with Crippen LogP contribution in [0.2, 0.25) is 0 Å². The summed E-state index contributed by atoms with van der Waals surface area (Å²) in [5.74, 6) is 6.08. The molecule has 3 aromatic rings. The first-order chi connectivity index (χ1) is 11.3. The molecule has 110 valence electrons. The Bertz CT molecular complexity index is 849. The van der Waals surface area contributed by atoms with E-state index in [9.17, 15) is 4.79 Å². The molecule has 2 heterocycles. The normalized spacial score (nSPS) is 9.57. The second-order valence-electron chi connectivity index (χ2n) is 4.65. The van der Waals surface area contributed by atoms with Gasteiger partial charge in [0, 0.05) is 35.9 Å². The zero-order valence-corrected chi connectivity index (χ0v) is 12.1. The molecule has 0 amide bonds. The van der Waals surface area contributed by atoms with Crippen molar-refractivity contribution in [1.29, 1.82) is 0 Å². The number of hydrogen-bond donors (Lipinski definition) is 0. The molecule has 0 spiro atoms. The number of rotatable bonds is 2. The van der Waals surface area contributed by atoms with E-state index >= 15 is 0 Å². The monoisotopic (exact) mass is 300 g/mol. The van der Waals surface area contributed by atoms with E-state index in [4.69, 9.17) is 4.74 Å². The number of carbonyl (C=O) groups excluding carboxylic acids is 1. The zero-order valence-electron chi connectivity index (χ0n) is 12.1. The summed E-state index contributed by atoms with van der Waals surface area (Å²) in [7, 11) is 0. The largest absolute Gasteiger partial charge is 0.423 e. The van der Waals surface area contributed by atoms with Gasteiger partial charge < -0.3 is 4.74 Å². The van der Waals surface area contributed by atoms with Gasteiger partial charge in [0.25, 0.3) is 0 Å². The Hall–Kier alpha value is -3.45. The molecule has 1 aromatic carbocycles. The van der Waals surface area contributed by atoms with E-state index in [1.54, 1.807) is 55.0 Å². The molecule has 0 unspecified atom stereocenters. The van der Waals surface area contributed by atoms with Crippen molar-refractivity contribution < 1.29 is 9.53 Å². The van der Waals surface area contributed by atoms with Gasteiger partial charge in [-0.15, -0.1) is 0 Å². The average Bonchev–Trinajstić information content (AvgIpc) is 2.63. The molecule has 0 aliphatic carbocycles. The summed E-state index contributed by atoms with van der Waals surface area (Å²) < 4.78 is 5.28. The molecule has 0 aliphatic rings. The van der Waals surface area contributed by atoms with Crippen molar-refractivity contribution in [3.63, 3.8) is 0 Å². The Morgan fingerprint density at radius 1 is 0.826 bits per heavy atom. The van der Waals surface area contributed by atoms with Gasteiger partial charge in [-0.25, -0.2) is 4.79 Å². The Kier molecular flexibility index (Phi) is 4.41. The fourth-order valence-electron chi connectivity index (χ4n) is 1.84. The van der Waals surface area contributed by atoms with Crippen LogP contribution in [0.5, 0.6) is 5.75 Å². The molecule has 3 rings (SSSR count). The van der Waals surface area contributed by atoms with E-state index < -0.39 is 5.97 Å². The van der Waals surface area contributed by atoms with Crippen molar-refractivity contribution in [3.8, 4) is 17.6 Å². The van der Waals surface area contributed by atoms with E-state index in [1.807, 2.05) is 12.1 Å². The second-order valence-corrected chi connectivity index (χ2v) is 4.65. The zero-order chi connectivity index (χ0) is 15.9. The van der Waals surface area contributed by atoms with Gasteiger partial charge in [0.2, 0.25) is 0 Å². The highest BCUT2D eigenvalue weighted by atomic mass is 16.5. The summed E-state index contributed by atoms with van der Waals surface area (Å²) in [5, 5.41) is 0. The number of carbonyl (C=O) groups is 1. The van der Waals surface area contributed by atoms with Crippen LogP contribution in [0.1, 0.15) is 21.5 Å². The number of pyridine rings is 2. The van der Waals surface area contributed by atoms with Gasteiger partial charge in [-0.2, -0.15) is 0 Å². The standard InChI is InChI=1S/C19H12N2O2/c22-19(17-4-2-12-21-14-17)23-18-9-7-15(8-10-18)5-6-16-3-1-11-20-13-16/h1-4,7-14H. The van der Waals surface area contributed by atoms with Crippen LogP contribution in [0.4, 0.5) is 0 Å². The maximum Gasteiger partial charge on any atom is 0.345 e. The highest BCUT2D eigenvalue weighted by molar-refractivity contribution is 5.90. The Morgan fingerprint density at radius 2 is 1.52 bits per heavy atom. The van der Waals surface area contributed by atoms with Crippen LogP contribution >= 0.6 is 0 Å². The van der Waals surface area contributed by atoms with Gasteiger partial charge in [0.05, 0.1) is 5.56 Å². The Balaban J connectivity index is 1.68. The molecule has 0 bridgehead atoms. The van der Waals surface area contributed by atoms with Gasteiger partial charge in [-0.3, -0.25) is 9.97 Å². The summed E-state index contributed by atoms with van der Waals surface area (Å²) in [4.78, 5) is 19.8. The molecular formula is C19H12N2O2. The molecule has 0 saturated carbocycles. The lowest BCUT2D eigenvalue weighted by atomic mass is 10.2. The van der Waals surface area contributed by atoms with Crippen LogP contribution < -0.4 is 4.74 Å². The van der Waals surface area contributed by atoms with Gasteiger partial charge >= 0.3 is 5.97 Å². The van der Waals surface area contributed by atoms with Crippen molar-refractivity contribution in [2.75, 3.05) is 0 Å². The molecular weight excluding hydrogens is 288 g/mol. The first-order valence-electron chi connectivity index (χ1n) is 6.95. The molecule has 0 N–H and O–H groups in total. The van der Waals surface area contributed by atoms with Gasteiger partial charge in [-0.05, 0) is 48.5 Å². The van der Waals surface area contributed by atoms with Crippen LogP contribution in [-0.4, -0.2) is 15.9 Å². The molecule has 0 saturated heterocycles. The number of nitrogens with zero attached hydrogens (tertiary/aromatic N) is 2. The third-order valence-electron chi connectivity index (χ3n) is 2.97. The molecule has 0 aliphatic heterocycles. The van der Waals surface area contributed by atoms with Crippen LogP contribution in [0, 0.1) is 11.8 Å². The SMILES string of the molecule is O=C(Oc1ccc(C#Cc2cccnc2)cc1)c1cccnc1. The highest BCUT2D eigenvalue weighted by Gasteiger charge is 2.07. The lowest BCUT2D eigenvalue weighted by molar-refractivity contribution is 0.0734. The minimum absolute atomic E-state index is 0.410. The number of benzene rings is 1. The molecule has 23 heavy (non-hydrogen) atoms. The number of esters is 1. The van der Waals surface area contributed by atoms with E-state index in [0.29, 0.717) is 11.3 Å². The number of ether oxygens (including phenoxy) is 1. The van der Waals surface area contributed by atoms with Crippen molar-refractivity contribution in [3.05, 3.63) is 90.0 Å². The first-order valence-corrected chi connectivity index (χ1v) is 6.95. The van der Waals surface area contributed by atoms with Crippen molar-refractivity contribution in [1.82, 2.24) is 9.97 Å². The predicted octanol–water partition coefficient (Wildman–Crippen LogP) is 3.10. The van der Waals surface area contributed by atoms with Crippen LogP contribution in [0.15, 0.2) is 73.3 Å². The maximum atomic E-state index is 11.9. The van der Waals surface area contributed by atoms with Crippen molar-refractivity contribution >= 4 is 5.97 Å². The van der Waals surface area contributed by atoms with Crippen molar-refractivity contribution in [2.45, 2.75) is 0 Å². The second kappa shape index (κ2) is 7.01. The summed E-state index contributed by atoms with van der Waals surface area (Å²) in [6.45, 7) is 0. The summed E-state index contributed by atoms with van der Waals surface area (Å²) in [5.41, 5.74) is 2.09. The van der Waals surface area contributed by atoms with Crippen LogP contribution in [-0.2, 0) is 0 Å². The Labute approximate surface area is 133 Å². The minimum Gasteiger partial charge on any atom is -0.423 e. The predicted molar refractivity (Wildman–Crippen MR) is 85.9 cm³/mol. The van der Waals surface area contributed by atoms with Gasteiger partial charge in [-0.1, -0.05) is 11.8 Å². The van der Waals surface area contributed by atoms with E-state index in [-0.39, 0.29) is 0 Å². The van der Waals surface area contributed by atoms with E-state index in [1.165, 1.54) is 6.20 Å². The molecule has 2 aromatic heterocycles. The number of aromatic nitrogens is 2.